The fourth-order valence-electron chi connectivity index (χ4n) is 3.43. The average molecular weight is 358 g/mol. The summed E-state index contributed by atoms with van der Waals surface area (Å²) in [6, 6.07) is 24.2. The van der Waals surface area contributed by atoms with E-state index in [1.54, 1.807) is 12.4 Å². The predicted molar refractivity (Wildman–Crippen MR) is 105 cm³/mol. The highest BCUT2D eigenvalue weighted by Crippen LogP contribution is 2.29. The van der Waals surface area contributed by atoms with Crippen molar-refractivity contribution in [3.63, 3.8) is 0 Å². The Morgan fingerprint density at radius 3 is 2.15 bits per heavy atom. The molecule has 1 aromatic heterocycles. The van der Waals surface area contributed by atoms with E-state index in [2.05, 4.69) is 29.2 Å². The number of amides is 1. The molecule has 2 heterocycles. The molecule has 1 amide bonds. The van der Waals surface area contributed by atoms with Gasteiger partial charge in [-0.25, -0.2) is 0 Å². The third-order valence-corrected chi connectivity index (χ3v) is 4.92. The highest BCUT2D eigenvalue weighted by atomic mass is 16.5. The van der Waals surface area contributed by atoms with Gasteiger partial charge in [-0.15, -0.1) is 0 Å². The zero-order valence-corrected chi connectivity index (χ0v) is 15.1. The number of nitrogens with zero attached hydrogens (tertiary/aromatic N) is 2. The maximum atomic E-state index is 12.8. The standard InChI is InChI=1S/C23H22N2O2/c26-23(25-16-21(17-25)27-20-12-7-13-24-15-20)14-22(18-8-3-1-4-9-18)19-10-5-2-6-11-19/h1-13,15,21-22H,14,16-17H2. The molecular formula is C23H22N2O2. The lowest BCUT2D eigenvalue weighted by molar-refractivity contribution is -0.140. The van der Waals surface area contributed by atoms with Crippen LogP contribution in [-0.2, 0) is 4.79 Å². The van der Waals surface area contributed by atoms with Gasteiger partial charge in [-0.1, -0.05) is 60.7 Å². The second-order valence-corrected chi connectivity index (χ2v) is 6.81. The van der Waals surface area contributed by atoms with Crippen molar-refractivity contribution in [2.75, 3.05) is 13.1 Å². The lowest BCUT2D eigenvalue weighted by Crippen LogP contribution is -2.56. The number of pyridine rings is 1. The van der Waals surface area contributed by atoms with Gasteiger partial charge in [0.1, 0.15) is 11.9 Å². The van der Waals surface area contributed by atoms with Crippen LogP contribution in [0.3, 0.4) is 0 Å². The fourth-order valence-corrected chi connectivity index (χ4v) is 3.43. The third kappa shape index (κ3) is 4.17. The smallest absolute Gasteiger partial charge is 0.223 e. The normalized spacial score (nSPS) is 14.0. The maximum Gasteiger partial charge on any atom is 0.223 e. The summed E-state index contributed by atoms with van der Waals surface area (Å²) in [5.41, 5.74) is 2.33. The zero-order chi connectivity index (χ0) is 18.5. The minimum absolute atomic E-state index is 0.0463. The molecule has 0 spiro atoms. The Labute approximate surface area is 159 Å². The lowest BCUT2D eigenvalue weighted by Gasteiger charge is -2.39. The first-order valence-electron chi connectivity index (χ1n) is 9.24. The molecule has 0 aliphatic carbocycles. The molecule has 2 aromatic carbocycles. The summed E-state index contributed by atoms with van der Waals surface area (Å²) in [4.78, 5) is 18.8. The first kappa shape index (κ1) is 17.3. The summed E-state index contributed by atoms with van der Waals surface area (Å²) in [6.07, 6.45) is 3.93. The van der Waals surface area contributed by atoms with Gasteiger partial charge in [0, 0.05) is 18.5 Å². The summed E-state index contributed by atoms with van der Waals surface area (Å²) in [5.74, 6) is 0.984. The first-order valence-corrected chi connectivity index (χ1v) is 9.24. The van der Waals surface area contributed by atoms with E-state index >= 15 is 0 Å². The monoisotopic (exact) mass is 358 g/mol. The van der Waals surface area contributed by atoms with Crippen LogP contribution in [0.1, 0.15) is 23.5 Å². The number of hydrogen-bond donors (Lipinski definition) is 0. The van der Waals surface area contributed by atoms with Gasteiger partial charge in [0.25, 0.3) is 0 Å². The van der Waals surface area contributed by atoms with Crippen LogP contribution in [0.25, 0.3) is 0 Å². The Balaban J connectivity index is 1.40. The molecule has 0 saturated carbocycles. The molecule has 1 fully saturated rings. The number of carbonyl (C=O) groups excluding carboxylic acids is 1. The molecule has 0 unspecified atom stereocenters. The Morgan fingerprint density at radius 2 is 1.59 bits per heavy atom. The van der Waals surface area contributed by atoms with Crippen LogP contribution < -0.4 is 4.74 Å². The van der Waals surface area contributed by atoms with E-state index in [9.17, 15) is 4.79 Å². The largest absolute Gasteiger partial charge is 0.485 e. The molecule has 4 rings (SSSR count). The molecule has 4 heteroatoms. The zero-order valence-electron chi connectivity index (χ0n) is 15.1. The predicted octanol–water partition coefficient (Wildman–Crippen LogP) is 3.89. The molecule has 0 atom stereocenters. The number of ether oxygens (including phenoxy) is 1. The van der Waals surface area contributed by atoms with E-state index in [-0.39, 0.29) is 17.9 Å². The topological polar surface area (TPSA) is 42.4 Å². The number of rotatable bonds is 6. The van der Waals surface area contributed by atoms with Gasteiger partial charge >= 0.3 is 0 Å². The maximum absolute atomic E-state index is 12.8. The molecule has 1 aliphatic rings. The number of likely N-dealkylation sites (tertiary alicyclic amines) is 1. The van der Waals surface area contributed by atoms with E-state index in [1.807, 2.05) is 53.4 Å². The van der Waals surface area contributed by atoms with Crippen LogP contribution in [0, 0.1) is 0 Å². The van der Waals surface area contributed by atoms with Gasteiger partial charge in [-0.05, 0) is 23.3 Å². The van der Waals surface area contributed by atoms with E-state index in [4.69, 9.17) is 4.74 Å². The highest BCUT2D eigenvalue weighted by molar-refractivity contribution is 5.78. The van der Waals surface area contributed by atoms with Gasteiger partial charge in [0.15, 0.2) is 0 Å². The van der Waals surface area contributed by atoms with E-state index in [0.29, 0.717) is 19.5 Å². The molecule has 136 valence electrons. The van der Waals surface area contributed by atoms with Gasteiger partial charge in [-0.3, -0.25) is 9.78 Å². The van der Waals surface area contributed by atoms with E-state index < -0.39 is 0 Å². The second-order valence-electron chi connectivity index (χ2n) is 6.81. The van der Waals surface area contributed by atoms with Crippen molar-refractivity contribution >= 4 is 5.91 Å². The van der Waals surface area contributed by atoms with Crippen molar-refractivity contribution in [1.82, 2.24) is 9.88 Å². The average Bonchev–Trinajstić information content (AvgIpc) is 2.70. The van der Waals surface area contributed by atoms with Crippen LogP contribution in [-0.4, -0.2) is 35.0 Å². The minimum Gasteiger partial charge on any atom is -0.485 e. The van der Waals surface area contributed by atoms with Crippen LogP contribution in [0.5, 0.6) is 5.75 Å². The second kappa shape index (κ2) is 8.04. The van der Waals surface area contributed by atoms with Gasteiger partial charge in [-0.2, -0.15) is 0 Å². The Hall–Kier alpha value is -3.14. The molecule has 1 aliphatic heterocycles. The van der Waals surface area contributed by atoms with Crippen LogP contribution in [0.15, 0.2) is 85.2 Å². The molecular weight excluding hydrogens is 336 g/mol. The Kier molecular flexibility index (Phi) is 5.15. The quantitative estimate of drug-likeness (QED) is 0.671. The first-order chi connectivity index (χ1) is 13.3. The molecule has 27 heavy (non-hydrogen) atoms. The number of aromatic nitrogens is 1. The van der Waals surface area contributed by atoms with Crippen molar-refractivity contribution in [3.05, 3.63) is 96.3 Å². The molecule has 0 bridgehead atoms. The van der Waals surface area contributed by atoms with Crippen LogP contribution in [0.4, 0.5) is 0 Å². The van der Waals surface area contributed by atoms with Gasteiger partial charge in [0.2, 0.25) is 5.91 Å². The fraction of sp³-hybridized carbons (Fsp3) is 0.217. The van der Waals surface area contributed by atoms with Gasteiger partial charge in [0.05, 0.1) is 19.3 Å². The van der Waals surface area contributed by atoms with Crippen molar-refractivity contribution in [1.29, 1.82) is 0 Å². The number of benzene rings is 2. The van der Waals surface area contributed by atoms with E-state index in [0.717, 1.165) is 5.75 Å². The number of carbonyl (C=O) groups is 1. The van der Waals surface area contributed by atoms with Crippen molar-refractivity contribution < 1.29 is 9.53 Å². The van der Waals surface area contributed by atoms with Crippen molar-refractivity contribution in [2.24, 2.45) is 0 Å². The molecule has 0 radical (unpaired) electrons. The van der Waals surface area contributed by atoms with Crippen LogP contribution >= 0.6 is 0 Å². The highest BCUT2D eigenvalue weighted by Gasteiger charge is 2.33. The molecule has 0 N–H and O–H groups in total. The van der Waals surface area contributed by atoms with Crippen molar-refractivity contribution in [3.8, 4) is 5.75 Å². The Bertz CT molecular complexity index is 823. The van der Waals surface area contributed by atoms with Crippen LogP contribution in [0.2, 0.25) is 0 Å². The summed E-state index contributed by atoms with van der Waals surface area (Å²) < 4.78 is 5.85. The summed E-state index contributed by atoms with van der Waals surface area (Å²) in [7, 11) is 0. The Morgan fingerprint density at radius 1 is 0.963 bits per heavy atom. The lowest BCUT2D eigenvalue weighted by atomic mass is 9.88. The molecule has 3 aromatic rings. The third-order valence-electron chi connectivity index (χ3n) is 4.92. The summed E-state index contributed by atoms with van der Waals surface area (Å²) >= 11 is 0. The SMILES string of the molecule is O=C(CC(c1ccccc1)c1ccccc1)N1CC(Oc2cccnc2)C1. The van der Waals surface area contributed by atoms with Gasteiger partial charge < -0.3 is 9.64 Å². The summed E-state index contributed by atoms with van der Waals surface area (Å²) in [6.45, 7) is 1.26. The number of hydrogen-bond acceptors (Lipinski definition) is 3. The van der Waals surface area contributed by atoms with E-state index in [1.165, 1.54) is 11.1 Å². The minimum atomic E-state index is 0.0463. The van der Waals surface area contributed by atoms with Crippen molar-refractivity contribution in [2.45, 2.75) is 18.4 Å². The molecule has 1 saturated heterocycles. The molecule has 4 nitrogen and oxygen atoms in total. The summed E-state index contributed by atoms with van der Waals surface area (Å²) in [5, 5.41) is 0.